The van der Waals surface area contributed by atoms with Crippen LogP contribution in [0.15, 0.2) is 36.7 Å². The molecule has 2 heterocycles. The Morgan fingerprint density at radius 1 is 0.950 bits per heavy atom. The summed E-state index contributed by atoms with van der Waals surface area (Å²) in [5, 5.41) is 8.06. The quantitative estimate of drug-likeness (QED) is 0.836. The summed E-state index contributed by atoms with van der Waals surface area (Å²) >= 11 is 0. The molecule has 20 heavy (non-hydrogen) atoms. The lowest BCUT2D eigenvalue weighted by Crippen LogP contribution is -2.42. The normalized spacial score (nSPS) is 21.2. The van der Waals surface area contributed by atoms with Gasteiger partial charge < -0.3 is 0 Å². The molecule has 1 aromatic heterocycles. The second-order valence-corrected chi connectivity index (χ2v) is 5.98. The number of aromatic nitrogens is 3. The van der Waals surface area contributed by atoms with Crippen LogP contribution < -0.4 is 0 Å². The van der Waals surface area contributed by atoms with E-state index >= 15 is 0 Å². The van der Waals surface area contributed by atoms with Crippen LogP contribution in [0.2, 0.25) is 0 Å². The summed E-state index contributed by atoms with van der Waals surface area (Å²) in [6.07, 6.45) is 8.60. The molecule has 1 aliphatic heterocycles. The third-order valence-corrected chi connectivity index (χ3v) is 4.86. The van der Waals surface area contributed by atoms with Crippen LogP contribution in [0.1, 0.15) is 30.0 Å². The van der Waals surface area contributed by atoms with Gasteiger partial charge in [0.25, 0.3) is 0 Å². The van der Waals surface area contributed by atoms with Crippen molar-refractivity contribution in [3.63, 3.8) is 0 Å². The number of benzene rings is 1. The molecule has 1 aliphatic carbocycles. The van der Waals surface area contributed by atoms with Gasteiger partial charge in [-0.25, -0.2) is 4.68 Å². The Morgan fingerprint density at radius 2 is 1.65 bits per heavy atom. The zero-order valence-corrected chi connectivity index (χ0v) is 11.7. The van der Waals surface area contributed by atoms with Gasteiger partial charge in [0.15, 0.2) is 0 Å². The van der Waals surface area contributed by atoms with Crippen LogP contribution in [0.3, 0.4) is 0 Å². The monoisotopic (exact) mass is 268 g/mol. The molecule has 1 aromatic carbocycles. The Labute approximate surface area is 119 Å². The molecule has 0 amide bonds. The van der Waals surface area contributed by atoms with Crippen molar-refractivity contribution in [2.24, 2.45) is 0 Å². The van der Waals surface area contributed by atoms with Crippen LogP contribution in [0.5, 0.6) is 0 Å². The fourth-order valence-electron chi connectivity index (χ4n) is 3.72. The van der Waals surface area contributed by atoms with Crippen molar-refractivity contribution in [1.29, 1.82) is 0 Å². The van der Waals surface area contributed by atoms with E-state index in [1.165, 1.54) is 38.8 Å². The van der Waals surface area contributed by atoms with Crippen molar-refractivity contribution in [2.75, 3.05) is 13.1 Å². The average molecular weight is 268 g/mol. The van der Waals surface area contributed by atoms with Crippen LogP contribution in [-0.2, 0) is 12.8 Å². The zero-order chi connectivity index (χ0) is 13.4. The molecule has 0 spiro atoms. The van der Waals surface area contributed by atoms with Gasteiger partial charge >= 0.3 is 0 Å². The van der Waals surface area contributed by atoms with Crippen molar-refractivity contribution < 1.29 is 0 Å². The van der Waals surface area contributed by atoms with Crippen LogP contribution in [0.25, 0.3) is 0 Å². The van der Waals surface area contributed by atoms with Gasteiger partial charge in [0.05, 0.1) is 12.2 Å². The number of fused-ring (bicyclic) bond motifs is 1. The molecule has 0 unspecified atom stereocenters. The fourth-order valence-corrected chi connectivity index (χ4v) is 3.72. The standard InChI is InChI=1S/C16H20N4/c1-2-4-14-12-16(11-13(14)3-1)19-8-5-15(6-9-19)20-10-7-17-18-20/h1-4,7,10,15-16H,5-6,8-9,11-12H2. The summed E-state index contributed by atoms with van der Waals surface area (Å²) in [4.78, 5) is 2.67. The van der Waals surface area contributed by atoms with E-state index in [1.54, 1.807) is 17.3 Å². The van der Waals surface area contributed by atoms with Crippen molar-refractivity contribution in [3.8, 4) is 0 Å². The molecule has 104 valence electrons. The van der Waals surface area contributed by atoms with E-state index < -0.39 is 0 Å². The van der Waals surface area contributed by atoms with Gasteiger partial charge in [-0.05, 0) is 36.8 Å². The van der Waals surface area contributed by atoms with E-state index in [0.29, 0.717) is 12.1 Å². The van der Waals surface area contributed by atoms with Crippen molar-refractivity contribution in [3.05, 3.63) is 47.8 Å². The first-order chi connectivity index (χ1) is 9.90. The smallest absolute Gasteiger partial charge is 0.0693 e. The Balaban J connectivity index is 1.39. The second kappa shape index (κ2) is 5.02. The Hall–Kier alpha value is -1.68. The molecule has 1 fully saturated rings. The molecular weight excluding hydrogens is 248 g/mol. The summed E-state index contributed by atoms with van der Waals surface area (Å²) in [6.45, 7) is 2.37. The molecule has 0 radical (unpaired) electrons. The Morgan fingerprint density at radius 3 is 2.25 bits per heavy atom. The summed E-state index contributed by atoms with van der Waals surface area (Å²) < 4.78 is 2.03. The lowest BCUT2D eigenvalue weighted by Gasteiger charge is -2.35. The zero-order valence-electron chi connectivity index (χ0n) is 11.7. The fraction of sp³-hybridized carbons (Fsp3) is 0.500. The van der Waals surface area contributed by atoms with E-state index in [-0.39, 0.29) is 0 Å². The molecule has 0 saturated carbocycles. The summed E-state index contributed by atoms with van der Waals surface area (Å²) in [7, 11) is 0. The van der Waals surface area contributed by atoms with Gasteiger partial charge in [0.1, 0.15) is 0 Å². The maximum Gasteiger partial charge on any atom is 0.0693 e. The molecule has 2 aliphatic rings. The van der Waals surface area contributed by atoms with Crippen molar-refractivity contribution in [2.45, 2.75) is 37.8 Å². The first-order valence-electron chi connectivity index (χ1n) is 7.57. The van der Waals surface area contributed by atoms with Gasteiger partial charge in [-0.3, -0.25) is 4.90 Å². The lowest BCUT2D eigenvalue weighted by molar-refractivity contribution is 0.133. The van der Waals surface area contributed by atoms with E-state index in [4.69, 9.17) is 0 Å². The van der Waals surface area contributed by atoms with E-state index in [0.717, 1.165) is 0 Å². The van der Waals surface area contributed by atoms with Gasteiger partial charge in [-0.1, -0.05) is 29.5 Å². The van der Waals surface area contributed by atoms with Crippen molar-refractivity contribution in [1.82, 2.24) is 19.9 Å². The Bertz CT molecular complexity index is 545. The molecule has 0 bridgehead atoms. The second-order valence-electron chi connectivity index (χ2n) is 5.98. The summed E-state index contributed by atoms with van der Waals surface area (Å²) in [5.41, 5.74) is 3.10. The average Bonchev–Trinajstić information content (AvgIpc) is 3.17. The van der Waals surface area contributed by atoms with Crippen LogP contribution >= 0.6 is 0 Å². The highest BCUT2D eigenvalue weighted by Gasteiger charge is 2.30. The highest BCUT2D eigenvalue weighted by atomic mass is 15.4. The van der Waals surface area contributed by atoms with Crippen LogP contribution in [-0.4, -0.2) is 39.0 Å². The minimum Gasteiger partial charge on any atom is -0.300 e. The number of likely N-dealkylation sites (tertiary alicyclic amines) is 1. The molecule has 4 nitrogen and oxygen atoms in total. The molecule has 2 aromatic rings. The van der Waals surface area contributed by atoms with E-state index in [9.17, 15) is 0 Å². The molecule has 0 N–H and O–H groups in total. The first kappa shape index (κ1) is 12.1. The Kier molecular flexibility index (Phi) is 3.03. The van der Waals surface area contributed by atoms with Crippen molar-refractivity contribution >= 4 is 0 Å². The highest BCUT2D eigenvalue weighted by Crippen LogP contribution is 2.29. The molecule has 4 rings (SSSR count). The maximum atomic E-state index is 4.14. The molecule has 1 saturated heterocycles. The summed E-state index contributed by atoms with van der Waals surface area (Å²) in [6, 6.07) is 10.2. The minimum absolute atomic E-state index is 0.539. The number of hydrogen-bond acceptors (Lipinski definition) is 3. The topological polar surface area (TPSA) is 34.0 Å². The third kappa shape index (κ3) is 2.14. The molecular formula is C16H20N4. The molecule has 4 heteroatoms. The number of rotatable bonds is 2. The summed E-state index contributed by atoms with van der Waals surface area (Å²) in [5.74, 6) is 0. The van der Waals surface area contributed by atoms with Crippen LogP contribution in [0, 0.1) is 0 Å². The SMILES string of the molecule is c1ccc2c(c1)CC(N1CCC(n3ccnn3)CC1)C2. The third-order valence-electron chi connectivity index (χ3n) is 4.86. The highest BCUT2D eigenvalue weighted by molar-refractivity contribution is 5.33. The van der Waals surface area contributed by atoms with Gasteiger partial charge in [0.2, 0.25) is 0 Å². The minimum atomic E-state index is 0.539. The number of piperidine rings is 1. The largest absolute Gasteiger partial charge is 0.300 e. The number of nitrogens with zero attached hydrogens (tertiary/aromatic N) is 4. The first-order valence-corrected chi connectivity index (χ1v) is 7.57. The number of hydrogen-bond donors (Lipinski definition) is 0. The predicted octanol–water partition coefficient (Wildman–Crippen LogP) is 2.08. The van der Waals surface area contributed by atoms with Gasteiger partial charge in [-0.15, -0.1) is 5.10 Å². The van der Waals surface area contributed by atoms with Gasteiger partial charge in [0, 0.05) is 25.3 Å². The van der Waals surface area contributed by atoms with E-state index in [2.05, 4.69) is 39.5 Å². The van der Waals surface area contributed by atoms with E-state index in [1.807, 2.05) is 10.9 Å². The maximum absolute atomic E-state index is 4.14. The lowest BCUT2D eigenvalue weighted by atomic mass is 10.0. The van der Waals surface area contributed by atoms with Gasteiger partial charge in [-0.2, -0.15) is 0 Å². The predicted molar refractivity (Wildman–Crippen MR) is 77.5 cm³/mol. The molecule has 0 atom stereocenters. The van der Waals surface area contributed by atoms with Crippen LogP contribution in [0.4, 0.5) is 0 Å².